The van der Waals surface area contributed by atoms with Gasteiger partial charge in [-0.15, -0.1) is 0 Å². The number of nitrogens with zero attached hydrogens (tertiary/aromatic N) is 1. The quantitative estimate of drug-likeness (QED) is 0.909. The molecule has 1 saturated heterocycles. The number of sulfonamides is 1. The van der Waals surface area contributed by atoms with Gasteiger partial charge in [-0.05, 0) is 29.9 Å². The van der Waals surface area contributed by atoms with Crippen LogP contribution in [0.2, 0.25) is 0 Å². The first-order chi connectivity index (χ1) is 9.99. The van der Waals surface area contributed by atoms with E-state index < -0.39 is 10.0 Å². The van der Waals surface area contributed by atoms with E-state index in [0.29, 0.717) is 24.1 Å². The van der Waals surface area contributed by atoms with Gasteiger partial charge in [0.25, 0.3) is 0 Å². The van der Waals surface area contributed by atoms with Crippen molar-refractivity contribution >= 4 is 10.0 Å². The molecule has 1 N–H and O–H groups in total. The molecule has 0 atom stereocenters. The molecule has 0 unspecified atom stereocenters. The average molecular weight is 311 g/mol. The van der Waals surface area contributed by atoms with Crippen LogP contribution in [0.5, 0.6) is 0 Å². The molecule has 0 saturated carbocycles. The summed E-state index contributed by atoms with van der Waals surface area (Å²) in [6.45, 7) is 5.27. The molecule has 1 aliphatic rings. The molecule has 0 bridgehead atoms. The molecule has 0 aromatic heterocycles. The average Bonchev–Trinajstić information content (AvgIpc) is 2.54. The van der Waals surface area contributed by atoms with Crippen LogP contribution in [0.15, 0.2) is 29.2 Å². The molecule has 1 fully saturated rings. The first-order valence-electron chi connectivity index (χ1n) is 7.68. The fourth-order valence-electron chi connectivity index (χ4n) is 3.18. The maximum atomic E-state index is 12.8. The first-order valence-corrected chi connectivity index (χ1v) is 9.12. The number of aliphatic hydroxyl groups excluding tert-OH is 1. The van der Waals surface area contributed by atoms with Gasteiger partial charge < -0.3 is 5.11 Å². The molecule has 1 heterocycles. The number of benzene rings is 1. The van der Waals surface area contributed by atoms with E-state index in [1.807, 2.05) is 0 Å². The number of rotatable bonds is 5. The van der Waals surface area contributed by atoms with E-state index in [1.54, 1.807) is 28.6 Å². The van der Waals surface area contributed by atoms with Gasteiger partial charge in [-0.1, -0.05) is 44.9 Å². The Bertz CT molecular complexity index is 569. The van der Waals surface area contributed by atoms with E-state index in [1.165, 1.54) is 0 Å². The largest absolute Gasteiger partial charge is 0.392 e. The highest BCUT2D eigenvalue weighted by Gasteiger charge is 2.36. The van der Waals surface area contributed by atoms with Crippen molar-refractivity contribution in [3.05, 3.63) is 29.8 Å². The Morgan fingerprint density at radius 1 is 1.14 bits per heavy atom. The van der Waals surface area contributed by atoms with Gasteiger partial charge in [0.15, 0.2) is 0 Å². The molecule has 1 aliphatic heterocycles. The van der Waals surface area contributed by atoms with Gasteiger partial charge in [0.2, 0.25) is 10.0 Å². The highest BCUT2D eigenvalue weighted by Crippen LogP contribution is 2.39. The number of hydrogen-bond acceptors (Lipinski definition) is 3. The van der Waals surface area contributed by atoms with Crippen molar-refractivity contribution < 1.29 is 13.5 Å². The number of aliphatic hydroxyl groups is 1. The SMILES string of the molecule is CCC1(CC)CCN(S(=O)(=O)c2ccccc2CO)CC1. The third-order valence-electron chi connectivity index (χ3n) is 5.04. The van der Waals surface area contributed by atoms with Gasteiger partial charge in [-0.25, -0.2) is 8.42 Å². The summed E-state index contributed by atoms with van der Waals surface area (Å²) in [6, 6.07) is 6.71. The smallest absolute Gasteiger partial charge is 0.243 e. The molecule has 118 valence electrons. The Morgan fingerprint density at radius 2 is 1.71 bits per heavy atom. The molecule has 4 nitrogen and oxygen atoms in total. The highest BCUT2D eigenvalue weighted by molar-refractivity contribution is 7.89. The van der Waals surface area contributed by atoms with Crippen LogP contribution in [-0.4, -0.2) is 30.9 Å². The third kappa shape index (κ3) is 3.15. The summed E-state index contributed by atoms with van der Waals surface area (Å²) in [4.78, 5) is 0.244. The van der Waals surface area contributed by atoms with Gasteiger partial charge in [-0.2, -0.15) is 4.31 Å². The summed E-state index contributed by atoms with van der Waals surface area (Å²) in [5.41, 5.74) is 0.767. The minimum atomic E-state index is -3.50. The second kappa shape index (κ2) is 6.46. The van der Waals surface area contributed by atoms with Gasteiger partial charge in [-0.3, -0.25) is 0 Å². The van der Waals surface area contributed by atoms with Crippen molar-refractivity contribution in [3.63, 3.8) is 0 Å². The lowest BCUT2D eigenvalue weighted by Gasteiger charge is -2.40. The monoisotopic (exact) mass is 311 g/mol. The predicted octanol–water partition coefficient (Wildman–Crippen LogP) is 2.77. The Kier molecular flexibility index (Phi) is 5.07. The predicted molar refractivity (Wildman–Crippen MR) is 83.4 cm³/mol. The Balaban J connectivity index is 2.23. The summed E-state index contributed by atoms with van der Waals surface area (Å²) in [5.74, 6) is 0. The highest BCUT2D eigenvalue weighted by atomic mass is 32.2. The molecule has 0 amide bonds. The zero-order valence-electron chi connectivity index (χ0n) is 12.9. The van der Waals surface area contributed by atoms with Crippen molar-refractivity contribution in [2.75, 3.05) is 13.1 Å². The van der Waals surface area contributed by atoms with Crippen LogP contribution in [0.4, 0.5) is 0 Å². The molecule has 1 aromatic rings. The van der Waals surface area contributed by atoms with Gasteiger partial charge in [0.1, 0.15) is 0 Å². The Morgan fingerprint density at radius 3 is 2.24 bits per heavy atom. The van der Waals surface area contributed by atoms with Crippen LogP contribution in [0.1, 0.15) is 45.1 Å². The van der Waals surface area contributed by atoms with E-state index in [-0.39, 0.29) is 11.5 Å². The van der Waals surface area contributed by atoms with E-state index in [9.17, 15) is 13.5 Å². The fraction of sp³-hybridized carbons (Fsp3) is 0.625. The minimum Gasteiger partial charge on any atom is -0.392 e. The first kappa shape index (κ1) is 16.5. The summed E-state index contributed by atoms with van der Waals surface area (Å²) < 4.78 is 27.1. The topological polar surface area (TPSA) is 57.6 Å². The molecule has 0 aliphatic carbocycles. The van der Waals surface area contributed by atoms with Crippen LogP contribution in [0.3, 0.4) is 0 Å². The molecular weight excluding hydrogens is 286 g/mol. The fourth-order valence-corrected chi connectivity index (χ4v) is 4.84. The normalized spacial score (nSPS) is 19.6. The molecule has 0 radical (unpaired) electrons. The molecule has 2 rings (SSSR count). The number of piperidine rings is 1. The van der Waals surface area contributed by atoms with Crippen molar-refractivity contribution in [1.82, 2.24) is 4.31 Å². The lowest BCUT2D eigenvalue weighted by molar-refractivity contribution is 0.141. The van der Waals surface area contributed by atoms with E-state index in [4.69, 9.17) is 0 Å². The molecule has 21 heavy (non-hydrogen) atoms. The van der Waals surface area contributed by atoms with Crippen molar-refractivity contribution in [2.24, 2.45) is 5.41 Å². The van der Waals surface area contributed by atoms with Crippen LogP contribution < -0.4 is 0 Å². The zero-order chi connectivity index (χ0) is 15.5. The standard InChI is InChI=1S/C16H25NO3S/c1-3-16(4-2)9-11-17(12-10-16)21(19,20)15-8-6-5-7-14(15)13-18/h5-8,18H,3-4,9-13H2,1-2H3. The summed E-state index contributed by atoms with van der Waals surface area (Å²) in [5, 5.41) is 9.36. The van der Waals surface area contributed by atoms with Crippen molar-refractivity contribution in [1.29, 1.82) is 0 Å². The van der Waals surface area contributed by atoms with Crippen LogP contribution >= 0.6 is 0 Å². The molecule has 5 heteroatoms. The summed E-state index contributed by atoms with van der Waals surface area (Å²) >= 11 is 0. The second-order valence-electron chi connectivity index (χ2n) is 5.88. The van der Waals surface area contributed by atoms with Crippen LogP contribution in [0, 0.1) is 5.41 Å². The van der Waals surface area contributed by atoms with Gasteiger partial charge in [0.05, 0.1) is 11.5 Å². The Labute approximate surface area is 127 Å². The maximum absolute atomic E-state index is 12.8. The summed E-state index contributed by atoms with van der Waals surface area (Å²) in [6.07, 6.45) is 4.04. The van der Waals surface area contributed by atoms with E-state index >= 15 is 0 Å². The van der Waals surface area contributed by atoms with E-state index in [0.717, 1.165) is 25.7 Å². The lowest BCUT2D eigenvalue weighted by atomic mass is 9.75. The van der Waals surface area contributed by atoms with Crippen molar-refractivity contribution in [3.8, 4) is 0 Å². The minimum absolute atomic E-state index is 0.244. The van der Waals surface area contributed by atoms with Crippen LogP contribution in [0.25, 0.3) is 0 Å². The molecule has 0 spiro atoms. The van der Waals surface area contributed by atoms with Crippen molar-refractivity contribution in [2.45, 2.75) is 51.0 Å². The van der Waals surface area contributed by atoms with Crippen LogP contribution in [-0.2, 0) is 16.6 Å². The summed E-state index contributed by atoms with van der Waals surface area (Å²) in [7, 11) is -3.50. The second-order valence-corrected chi connectivity index (χ2v) is 7.78. The zero-order valence-corrected chi connectivity index (χ0v) is 13.7. The van der Waals surface area contributed by atoms with E-state index in [2.05, 4.69) is 13.8 Å². The molecule has 1 aromatic carbocycles. The Hall–Kier alpha value is -0.910. The van der Waals surface area contributed by atoms with Gasteiger partial charge >= 0.3 is 0 Å². The lowest BCUT2D eigenvalue weighted by Crippen LogP contribution is -2.43. The van der Waals surface area contributed by atoms with Gasteiger partial charge in [0, 0.05) is 13.1 Å². The molecular formula is C16H25NO3S. The maximum Gasteiger partial charge on any atom is 0.243 e. The third-order valence-corrected chi connectivity index (χ3v) is 7.04. The number of hydrogen-bond donors (Lipinski definition) is 1.